The third-order valence-corrected chi connectivity index (χ3v) is 5.08. The summed E-state index contributed by atoms with van der Waals surface area (Å²) in [6.07, 6.45) is 4.41. The fourth-order valence-corrected chi connectivity index (χ4v) is 3.91. The maximum atomic E-state index is 2.48. The Morgan fingerprint density at radius 3 is 2.33 bits per heavy atom. The molecule has 0 nitrogen and oxygen atoms in total. The molecular weight excluding hydrogens is 144 g/mol. The molecule has 0 bridgehead atoms. The minimum Gasteiger partial charge on any atom is -0.0651 e. The highest BCUT2D eigenvalue weighted by Gasteiger charge is 2.68. The van der Waals surface area contributed by atoms with Crippen molar-refractivity contribution in [2.24, 2.45) is 29.1 Å². The zero-order valence-corrected chi connectivity index (χ0v) is 8.93. The molecule has 0 aromatic carbocycles. The Balaban J connectivity index is 2.04. The van der Waals surface area contributed by atoms with Gasteiger partial charge in [0.1, 0.15) is 0 Å². The first-order valence-electron chi connectivity index (χ1n) is 5.64. The second-order valence-corrected chi connectivity index (χ2v) is 5.25. The van der Waals surface area contributed by atoms with Gasteiger partial charge in [0, 0.05) is 0 Å². The number of rotatable bonds is 2. The molecule has 5 unspecified atom stereocenters. The molecule has 2 saturated carbocycles. The SMILES string of the molecule is CCC(C)C1C(C)C12CCC2C. The second kappa shape index (κ2) is 2.49. The molecule has 70 valence electrons. The predicted octanol–water partition coefficient (Wildman–Crippen LogP) is 3.71. The van der Waals surface area contributed by atoms with E-state index >= 15 is 0 Å². The van der Waals surface area contributed by atoms with Crippen LogP contribution in [0.2, 0.25) is 0 Å². The van der Waals surface area contributed by atoms with Gasteiger partial charge in [0.05, 0.1) is 0 Å². The average Bonchev–Trinajstić information content (AvgIpc) is 2.70. The van der Waals surface area contributed by atoms with Gasteiger partial charge in [0.25, 0.3) is 0 Å². The van der Waals surface area contributed by atoms with Crippen LogP contribution >= 0.6 is 0 Å². The molecule has 0 aliphatic heterocycles. The van der Waals surface area contributed by atoms with Crippen LogP contribution in [0.1, 0.15) is 47.0 Å². The van der Waals surface area contributed by atoms with Crippen molar-refractivity contribution >= 4 is 0 Å². The molecule has 0 aromatic heterocycles. The minimum absolute atomic E-state index is 0.829. The van der Waals surface area contributed by atoms with Gasteiger partial charge in [-0.2, -0.15) is 0 Å². The van der Waals surface area contributed by atoms with Crippen molar-refractivity contribution in [1.29, 1.82) is 0 Å². The molecule has 2 rings (SSSR count). The van der Waals surface area contributed by atoms with Crippen molar-refractivity contribution in [3.8, 4) is 0 Å². The largest absolute Gasteiger partial charge is 0.0651 e. The van der Waals surface area contributed by atoms with Crippen molar-refractivity contribution in [3.63, 3.8) is 0 Å². The summed E-state index contributed by atoms with van der Waals surface area (Å²) in [5, 5.41) is 0. The van der Waals surface area contributed by atoms with Crippen molar-refractivity contribution in [3.05, 3.63) is 0 Å². The zero-order chi connectivity index (χ0) is 8.93. The summed E-state index contributed by atoms with van der Waals surface area (Å²) in [6, 6.07) is 0. The standard InChI is InChI=1S/C12H22/c1-5-8(2)11-10(4)12(11)7-6-9(12)3/h8-11H,5-7H2,1-4H3. The normalized spacial score (nSPS) is 53.5. The van der Waals surface area contributed by atoms with E-state index in [0.29, 0.717) is 0 Å². The van der Waals surface area contributed by atoms with Crippen LogP contribution in [0.4, 0.5) is 0 Å². The van der Waals surface area contributed by atoms with Gasteiger partial charge in [-0.3, -0.25) is 0 Å². The molecule has 2 aliphatic rings. The van der Waals surface area contributed by atoms with Crippen LogP contribution in [0.25, 0.3) is 0 Å². The molecule has 0 saturated heterocycles. The zero-order valence-electron chi connectivity index (χ0n) is 8.93. The molecule has 0 amide bonds. The molecule has 12 heavy (non-hydrogen) atoms. The second-order valence-electron chi connectivity index (χ2n) is 5.25. The first-order chi connectivity index (χ1) is 5.64. The molecule has 5 atom stereocenters. The van der Waals surface area contributed by atoms with E-state index in [-0.39, 0.29) is 0 Å². The van der Waals surface area contributed by atoms with Crippen molar-refractivity contribution < 1.29 is 0 Å². The first kappa shape index (κ1) is 8.59. The third kappa shape index (κ3) is 0.791. The lowest BCUT2D eigenvalue weighted by atomic mass is 9.68. The van der Waals surface area contributed by atoms with Crippen molar-refractivity contribution in [1.82, 2.24) is 0 Å². The Kier molecular flexibility index (Phi) is 1.79. The highest BCUT2D eigenvalue weighted by molar-refractivity contribution is 5.16. The van der Waals surface area contributed by atoms with Crippen molar-refractivity contribution in [2.45, 2.75) is 47.0 Å². The van der Waals surface area contributed by atoms with Crippen LogP contribution < -0.4 is 0 Å². The summed E-state index contributed by atoms with van der Waals surface area (Å²) >= 11 is 0. The number of hydrogen-bond donors (Lipinski definition) is 0. The van der Waals surface area contributed by atoms with Crippen LogP contribution in [0.3, 0.4) is 0 Å². The van der Waals surface area contributed by atoms with Gasteiger partial charge in [-0.15, -0.1) is 0 Å². The maximum absolute atomic E-state index is 2.48. The van der Waals surface area contributed by atoms with Crippen LogP contribution in [0.15, 0.2) is 0 Å². The van der Waals surface area contributed by atoms with Crippen LogP contribution in [-0.2, 0) is 0 Å². The van der Waals surface area contributed by atoms with Crippen LogP contribution in [0.5, 0.6) is 0 Å². The first-order valence-corrected chi connectivity index (χ1v) is 5.64. The molecular formula is C12H22. The van der Waals surface area contributed by atoms with Crippen LogP contribution in [-0.4, -0.2) is 0 Å². The van der Waals surface area contributed by atoms with Crippen molar-refractivity contribution in [2.75, 3.05) is 0 Å². The molecule has 0 heteroatoms. The van der Waals surface area contributed by atoms with E-state index in [2.05, 4.69) is 27.7 Å². The smallest absolute Gasteiger partial charge is 0.0210 e. The summed E-state index contributed by atoms with van der Waals surface area (Å²) < 4.78 is 0. The third-order valence-electron chi connectivity index (χ3n) is 5.08. The maximum Gasteiger partial charge on any atom is -0.0210 e. The molecule has 0 N–H and O–H groups in total. The molecule has 2 aliphatic carbocycles. The van der Waals surface area contributed by atoms with Gasteiger partial charge in [-0.05, 0) is 41.9 Å². The minimum atomic E-state index is 0.829. The summed E-state index contributed by atoms with van der Waals surface area (Å²) in [7, 11) is 0. The van der Waals surface area contributed by atoms with Crippen LogP contribution in [0, 0.1) is 29.1 Å². The topological polar surface area (TPSA) is 0 Å². The summed E-state index contributed by atoms with van der Waals surface area (Å²) in [6.45, 7) is 9.72. The Morgan fingerprint density at radius 1 is 1.42 bits per heavy atom. The Hall–Kier alpha value is 0. The highest BCUT2D eigenvalue weighted by Crippen LogP contribution is 2.74. The van der Waals surface area contributed by atoms with E-state index in [1.165, 1.54) is 19.3 Å². The van der Waals surface area contributed by atoms with E-state index in [1.54, 1.807) is 0 Å². The van der Waals surface area contributed by atoms with Gasteiger partial charge in [0.15, 0.2) is 0 Å². The average molecular weight is 166 g/mol. The quantitative estimate of drug-likeness (QED) is 0.586. The molecule has 0 radical (unpaired) electrons. The van der Waals surface area contributed by atoms with Gasteiger partial charge in [-0.1, -0.05) is 34.1 Å². The molecule has 0 aromatic rings. The predicted molar refractivity (Wildman–Crippen MR) is 52.9 cm³/mol. The van der Waals surface area contributed by atoms with Gasteiger partial charge < -0.3 is 0 Å². The van der Waals surface area contributed by atoms with Gasteiger partial charge in [-0.25, -0.2) is 0 Å². The fraction of sp³-hybridized carbons (Fsp3) is 1.00. The Labute approximate surface area is 76.7 Å². The summed E-state index contributed by atoms with van der Waals surface area (Å²) in [5.74, 6) is 4.12. The molecule has 0 heterocycles. The summed E-state index contributed by atoms with van der Waals surface area (Å²) in [4.78, 5) is 0. The summed E-state index contributed by atoms with van der Waals surface area (Å²) in [5.41, 5.74) is 0.829. The monoisotopic (exact) mass is 166 g/mol. The fourth-order valence-electron chi connectivity index (χ4n) is 3.91. The molecule has 2 fully saturated rings. The van der Waals surface area contributed by atoms with E-state index in [0.717, 1.165) is 29.1 Å². The van der Waals surface area contributed by atoms with E-state index in [4.69, 9.17) is 0 Å². The van der Waals surface area contributed by atoms with E-state index < -0.39 is 0 Å². The molecule has 1 spiro atoms. The highest BCUT2D eigenvalue weighted by atomic mass is 14.7. The van der Waals surface area contributed by atoms with Gasteiger partial charge in [0.2, 0.25) is 0 Å². The van der Waals surface area contributed by atoms with Gasteiger partial charge >= 0.3 is 0 Å². The Bertz CT molecular complexity index is 184. The lowest BCUT2D eigenvalue weighted by molar-refractivity contribution is 0.122. The lowest BCUT2D eigenvalue weighted by Gasteiger charge is -2.37. The lowest BCUT2D eigenvalue weighted by Crippen LogP contribution is -2.29. The number of hydrogen-bond acceptors (Lipinski definition) is 0. The van der Waals surface area contributed by atoms with E-state index in [9.17, 15) is 0 Å². The Morgan fingerprint density at radius 2 is 2.08 bits per heavy atom. The van der Waals surface area contributed by atoms with E-state index in [1.807, 2.05) is 0 Å².